The van der Waals surface area contributed by atoms with Crippen molar-refractivity contribution in [2.45, 2.75) is 12.8 Å². The number of hydrogen-bond acceptors (Lipinski definition) is 5. The second kappa shape index (κ2) is 3.84. The van der Waals surface area contributed by atoms with Gasteiger partial charge in [0.15, 0.2) is 0 Å². The van der Waals surface area contributed by atoms with Crippen LogP contribution in [0.3, 0.4) is 0 Å². The molecule has 81 valence electrons. The Balaban J connectivity index is 3.06. The highest BCUT2D eigenvalue weighted by Crippen LogP contribution is 2.23. The number of nitro benzene ring substituents is 1. The maximum atomic E-state index is 10.5. The zero-order chi connectivity index (χ0) is 11.6. The first-order valence-electron chi connectivity index (χ1n) is 4.13. The van der Waals surface area contributed by atoms with E-state index in [1.54, 1.807) is 0 Å². The summed E-state index contributed by atoms with van der Waals surface area (Å²) in [5.41, 5.74) is 0.501. The van der Waals surface area contributed by atoms with E-state index in [9.17, 15) is 10.1 Å². The molecule has 0 atom stereocenters. The molecular formula is C9H11N2O4. The van der Waals surface area contributed by atoms with E-state index in [0.29, 0.717) is 5.56 Å². The molecule has 0 aromatic heterocycles. The van der Waals surface area contributed by atoms with Crippen molar-refractivity contribution in [2.24, 2.45) is 0 Å². The van der Waals surface area contributed by atoms with Crippen molar-refractivity contribution in [3.05, 3.63) is 40.8 Å². The zero-order valence-electron chi connectivity index (χ0n) is 8.10. The number of non-ortho nitro benzene ring substituents is 1. The van der Waals surface area contributed by atoms with Crippen LogP contribution in [0.25, 0.3) is 0 Å². The van der Waals surface area contributed by atoms with Gasteiger partial charge in [0.25, 0.3) is 5.69 Å². The minimum atomic E-state index is -2.14. The minimum absolute atomic E-state index is 0.144. The van der Waals surface area contributed by atoms with E-state index < -0.39 is 10.8 Å². The lowest BCUT2D eigenvalue weighted by Gasteiger charge is -2.20. The van der Waals surface area contributed by atoms with Crippen LogP contribution in [0.15, 0.2) is 18.2 Å². The Bertz CT molecular complexity index is 384. The van der Waals surface area contributed by atoms with Crippen molar-refractivity contribution in [3.63, 3.8) is 0 Å². The largest absolute Gasteiger partial charge is 0.349 e. The number of nitrogens with zero attached hydrogens (tertiary/aromatic N) is 1. The lowest BCUT2D eigenvalue weighted by molar-refractivity contribution is -0.384. The van der Waals surface area contributed by atoms with Crippen LogP contribution in [0.5, 0.6) is 0 Å². The van der Waals surface area contributed by atoms with Crippen LogP contribution in [0, 0.1) is 17.0 Å². The average molecular weight is 211 g/mol. The fourth-order valence-corrected chi connectivity index (χ4v) is 1.05. The SMILES string of the molecule is [CH2]c1ccc([N+](=O)[O-])cc1NC(C)(O)O. The number of benzene rings is 1. The Morgan fingerprint density at radius 2 is 2.13 bits per heavy atom. The van der Waals surface area contributed by atoms with Crippen molar-refractivity contribution < 1.29 is 15.1 Å². The van der Waals surface area contributed by atoms with E-state index in [1.807, 2.05) is 0 Å². The third-order valence-corrected chi connectivity index (χ3v) is 1.68. The van der Waals surface area contributed by atoms with Gasteiger partial charge in [-0.2, -0.15) is 0 Å². The first-order valence-corrected chi connectivity index (χ1v) is 4.13. The number of hydrogen-bond donors (Lipinski definition) is 3. The molecule has 0 unspecified atom stereocenters. The first-order chi connectivity index (χ1) is 6.79. The summed E-state index contributed by atoms with van der Waals surface area (Å²) in [6.45, 7) is 4.70. The summed E-state index contributed by atoms with van der Waals surface area (Å²) < 4.78 is 0. The molecule has 0 amide bonds. The van der Waals surface area contributed by atoms with Gasteiger partial charge in [0.05, 0.1) is 4.92 Å². The molecule has 1 rings (SSSR count). The number of nitro groups is 1. The molecule has 0 heterocycles. The third-order valence-electron chi connectivity index (χ3n) is 1.68. The Morgan fingerprint density at radius 3 is 2.60 bits per heavy atom. The first kappa shape index (κ1) is 11.4. The van der Waals surface area contributed by atoms with Crippen LogP contribution < -0.4 is 5.32 Å². The van der Waals surface area contributed by atoms with Crippen LogP contribution in [-0.4, -0.2) is 21.0 Å². The van der Waals surface area contributed by atoms with Crippen LogP contribution >= 0.6 is 0 Å². The van der Waals surface area contributed by atoms with Crippen LogP contribution in [0.2, 0.25) is 0 Å². The molecule has 0 aliphatic rings. The molecule has 0 fully saturated rings. The number of anilines is 1. The fraction of sp³-hybridized carbons (Fsp3) is 0.222. The molecule has 6 heteroatoms. The highest BCUT2D eigenvalue weighted by atomic mass is 16.6. The van der Waals surface area contributed by atoms with Crippen LogP contribution in [0.4, 0.5) is 11.4 Å². The Morgan fingerprint density at radius 1 is 1.53 bits per heavy atom. The number of rotatable bonds is 3. The normalized spacial score (nSPS) is 11.2. The van der Waals surface area contributed by atoms with Crippen molar-refractivity contribution in [3.8, 4) is 0 Å². The van der Waals surface area contributed by atoms with E-state index in [1.165, 1.54) is 18.2 Å². The Hall–Kier alpha value is -1.66. The van der Waals surface area contributed by atoms with Gasteiger partial charge in [0, 0.05) is 24.7 Å². The summed E-state index contributed by atoms with van der Waals surface area (Å²) in [5.74, 6) is -2.14. The molecule has 15 heavy (non-hydrogen) atoms. The monoisotopic (exact) mass is 211 g/mol. The molecular weight excluding hydrogens is 200 g/mol. The van der Waals surface area contributed by atoms with Crippen molar-refractivity contribution in [1.82, 2.24) is 0 Å². The molecule has 0 aliphatic carbocycles. The van der Waals surface area contributed by atoms with Gasteiger partial charge in [0.1, 0.15) is 0 Å². The molecule has 0 spiro atoms. The number of aliphatic hydroxyl groups is 2. The van der Waals surface area contributed by atoms with Crippen molar-refractivity contribution >= 4 is 11.4 Å². The molecule has 0 saturated carbocycles. The summed E-state index contributed by atoms with van der Waals surface area (Å²) in [5, 5.41) is 30.9. The predicted molar refractivity (Wildman–Crippen MR) is 54.0 cm³/mol. The quantitative estimate of drug-likeness (QED) is 0.391. The Labute approximate surface area is 86.3 Å². The lowest BCUT2D eigenvalue weighted by Crippen LogP contribution is -2.33. The van der Waals surface area contributed by atoms with E-state index >= 15 is 0 Å². The summed E-state index contributed by atoms with van der Waals surface area (Å²) >= 11 is 0. The van der Waals surface area contributed by atoms with E-state index in [2.05, 4.69) is 12.2 Å². The van der Waals surface area contributed by atoms with Gasteiger partial charge < -0.3 is 15.5 Å². The summed E-state index contributed by atoms with van der Waals surface area (Å²) in [6.07, 6.45) is 0. The van der Waals surface area contributed by atoms with Gasteiger partial charge >= 0.3 is 0 Å². The molecule has 0 bridgehead atoms. The molecule has 0 saturated heterocycles. The lowest BCUT2D eigenvalue weighted by atomic mass is 10.2. The predicted octanol–water partition coefficient (Wildman–Crippen LogP) is 0.847. The fourth-order valence-electron chi connectivity index (χ4n) is 1.05. The molecule has 6 nitrogen and oxygen atoms in total. The standard InChI is InChI=1S/C9H11N2O4/c1-6-3-4-7(11(14)15)5-8(6)10-9(2,12)13/h3-5,10,12-13H,1H2,2H3. The van der Waals surface area contributed by atoms with Crippen molar-refractivity contribution in [1.29, 1.82) is 0 Å². The minimum Gasteiger partial charge on any atom is -0.349 e. The summed E-state index contributed by atoms with van der Waals surface area (Å²) in [7, 11) is 0. The third kappa shape index (κ3) is 3.19. The zero-order valence-corrected chi connectivity index (χ0v) is 8.10. The van der Waals surface area contributed by atoms with Crippen LogP contribution in [0.1, 0.15) is 12.5 Å². The molecule has 1 aromatic rings. The smallest absolute Gasteiger partial charge is 0.271 e. The van der Waals surface area contributed by atoms with Gasteiger partial charge in [-0.3, -0.25) is 10.1 Å². The second-order valence-corrected chi connectivity index (χ2v) is 3.24. The van der Waals surface area contributed by atoms with E-state index in [-0.39, 0.29) is 11.4 Å². The molecule has 0 aliphatic heterocycles. The average Bonchev–Trinajstić information content (AvgIpc) is 2.06. The second-order valence-electron chi connectivity index (χ2n) is 3.24. The summed E-state index contributed by atoms with van der Waals surface area (Å²) in [6, 6.07) is 3.90. The van der Waals surface area contributed by atoms with Crippen molar-refractivity contribution in [2.75, 3.05) is 5.32 Å². The van der Waals surface area contributed by atoms with Gasteiger partial charge in [0.2, 0.25) is 5.91 Å². The highest BCUT2D eigenvalue weighted by Gasteiger charge is 2.17. The molecule has 1 aromatic carbocycles. The molecule has 1 radical (unpaired) electrons. The Kier molecular flexibility index (Phi) is 2.92. The van der Waals surface area contributed by atoms with Gasteiger partial charge in [-0.25, -0.2) is 0 Å². The topological polar surface area (TPSA) is 95.6 Å². The molecule has 3 N–H and O–H groups in total. The van der Waals surface area contributed by atoms with Gasteiger partial charge in [-0.15, -0.1) is 0 Å². The van der Waals surface area contributed by atoms with E-state index in [4.69, 9.17) is 10.2 Å². The maximum absolute atomic E-state index is 10.5. The highest BCUT2D eigenvalue weighted by molar-refractivity contribution is 5.58. The van der Waals surface area contributed by atoms with E-state index in [0.717, 1.165) is 6.92 Å². The maximum Gasteiger partial charge on any atom is 0.271 e. The summed E-state index contributed by atoms with van der Waals surface area (Å²) in [4.78, 5) is 9.89. The number of nitrogens with one attached hydrogen (secondary N) is 1. The van der Waals surface area contributed by atoms with Crippen LogP contribution in [-0.2, 0) is 0 Å². The van der Waals surface area contributed by atoms with Gasteiger partial charge in [-0.05, 0) is 12.5 Å². The van der Waals surface area contributed by atoms with Gasteiger partial charge in [-0.1, -0.05) is 6.07 Å².